The summed E-state index contributed by atoms with van der Waals surface area (Å²) in [6.45, 7) is 3.69. The highest BCUT2D eigenvalue weighted by atomic mass is 16.2. The summed E-state index contributed by atoms with van der Waals surface area (Å²) < 4.78 is 1.84. The lowest BCUT2D eigenvalue weighted by Crippen LogP contribution is -2.40. The van der Waals surface area contributed by atoms with E-state index in [9.17, 15) is 9.59 Å². The van der Waals surface area contributed by atoms with Crippen LogP contribution in [-0.2, 0) is 11.2 Å². The Hall–Kier alpha value is -2.70. The van der Waals surface area contributed by atoms with Crippen LogP contribution >= 0.6 is 0 Å². The first kappa shape index (κ1) is 15.8. The second kappa shape index (κ2) is 6.31. The number of likely N-dealkylation sites (tertiary alicyclic amines) is 1. The first-order valence-electron chi connectivity index (χ1n) is 8.68. The van der Waals surface area contributed by atoms with Crippen molar-refractivity contribution in [1.29, 1.82) is 0 Å². The number of rotatable bonds is 2. The van der Waals surface area contributed by atoms with Gasteiger partial charge >= 0.3 is 0 Å². The smallest absolute Gasteiger partial charge is 0.253 e. The van der Waals surface area contributed by atoms with Crippen LogP contribution in [0.3, 0.4) is 0 Å². The molecule has 1 aromatic carbocycles. The first-order chi connectivity index (χ1) is 12.1. The molecule has 2 aromatic rings. The molecule has 25 heavy (non-hydrogen) atoms. The Bertz CT molecular complexity index is 802. The first-order valence-corrected chi connectivity index (χ1v) is 8.68. The lowest BCUT2D eigenvalue weighted by molar-refractivity contribution is -0.116. The van der Waals surface area contributed by atoms with Crippen LogP contribution in [0.15, 0.2) is 30.9 Å². The summed E-state index contributed by atoms with van der Waals surface area (Å²) in [5, 5.41) is 4.21. The van der Waals surface area contributed by atoms with Crippen LogP contribution in [0, 0.1) is 0 Å². The maximum Gasteiger partial charge on any atom is 0.253 e. The molecule has 4 rings (SSSR count). The lowest BCUT2D eigenvalue weighted by atomic mass is 10.0. The van der Waals surface area contributed by atoms with Gasteiger partial charge in [-0.3, -0.25) is 9.59 Å². The van der Waals surface area contributed by atoms with E-state index in [0.717, 1.165) is 37.1 Å². The zero-order chi connectivity index (χ0) is 17.4. The maximum atomic E-state index is 12.9. The second-order valence-corrected chi connectivity index (χ2v) is 6.69. The van der Waals surface area contributed by atoms with E-state index in [0.29, 0.717) is 18.7 Å². The molecule has 2 aliphatic heterocycles. The number of benzene rings is 1. The summed E-state index contributed by atoms with van der Waals surface area (Å²) in [7, 11) is 0. The molecule has 1 atom stereocenters. The van der Waals surface area contributed by atoms with Crippen molar-refractivity contribution in [2.45, 2.75) is 32.2 Å². The number of carbonyl (C=O) groups is 2. The van der Waals surface area contributed by atoms with Crippen LogP contribution in [0.5, 0.6) is 0 Å². The number of hydrogen-bond acceptors (Lipinski definition) is 4. The van der Waals surface area contributed by atoms with Gasteiger partial charge in [0.05, 0.1) is 6.04 Å². The number of amides is 2. The van der Waals surface area contributed by atoms with Gasteiger partial charge in [-0.25, -0.2) is 9.67 Å². The molecule has 0 aliphatic carbocycles. The molecule has 0 bridgehead atoms. The van der Waals surface area contributed by atoms with Crippen LogP contribution in [0.2, 0.25) is 0 Å². The largest absolute Gasteiger partial charge is 0.337 e. The Morgan fingerprint density at radius 2 is 2.12 bits per heavy atom. The zero-order valence-corrected chi connectivity index (χ0v) is 14.3. The third-order valence-corrected chi connectivity index (χ3v) is 5.10. The molecule has 3 heterocycles. The average Bonchev–Trinajstić information content (AvgIpc) is 3.30. The molecule has 1 fully saturated rings. The van der Waals surface area contributed by atoms with Gasteiger partial charge in [-0.1, -0.05) is 0 Å². The van der Waals surface area contributed by atoms with Crippen LogP contribution in [0.25, 0.3) is 0 Å². The topological polar surface area (TPSA) is 71.3 Å². The minimum atomic E-state index is 0.0459. The van der Waals surface area contributed by atoms with E-state index >= 15 is 0 Å². The Morgan fingerprint density at radius 3 is 2.88 bits per heavy atom. The Morgan fingerprint density at radius 1 is 1.24 bits per heavy atom. The van der Waals surface area contributed by atoms with Gasteiger partial charge < -0.3 is 9.80 Å². The molecular weight excluding hydrogens is 318 g/mol. The minimum Gasteiger partial charge on any atom is -0.337 e. The normalized spacial score (nSPS) is 19.8. The number of anilines is 1. The summed E-state index contributed by atoms with van der Waals surface area (Å²) in [6, 6.07) is 5.86. The van der Waals surface area contributed by atoms with E-state index in [-0.39, 0.29) is 17.9 Å². The SMILES string of the molecule is CC(=O)N1CCc2cc(C(=O)N3CCCC(n4cncn4)C3)ccc21. The molecule has 2 aliphatic rings. The van der Waals surface area contributed by atoms with Crippen molar-refractivity contribution in [3.05, 3.63) is 42.0 Å². The molecular formula is C18H21N5O2. The van der Waals surface area contributed by atoms with Crippen LogP contribution in [-0.4, -0.2) is 51.1 Å². The molecule has 1 aromatic heterocycles. The van der Waals surface area contributed by atoms with Gasteiger partial charge in [0.1, 0.15) is 12.7 Å². The highest BCUT2D eigenvalue weighted by Crippen LogP contribution is 2.30. The Kier molecular flexibility index (Phi) is 3.99. The van der Waals surface area contributed by atoms with Crippen LogP contribution in [0.1, 0.15) is 41.7 Å². The van der Waals surface area contributed by atoms with E-state index in [1.807, 2.05) is 27.8 Å². The number of hydrogen-bond donors (Lipinski definition) is 0. The van der Waals surface area contributed by atoms with Gasteiger partial charge in [0, 0.05) is 37.8 Å². The fourth-order valence-electron chi connectivity index (χ4n) is 3.81. The Labute approximate surface area is 146 Å². The molecule has 0 spiro atoms. The number of fused-ring (bicyclic) bond motifs is 1. The average molecular weight is 339 g/mol. The van der Waals surface area contributed by atoms with Crippen molar-refractivity contribution in [3.63, 3.8) is 0 Å². The number of nitrogens with zero attached hydrogens (tertiary/aromatic N) is 5. The molecule has 2 amide bonds. The van der Waals surface area contributed by atoms with Crippen molar-refractivity contribution in [2.75, 3.05) is 24.5 Å². The summed E-state index contributed by atoms with van der Waals surface area (Å²) in [5.74, 6) is 0.0958. The van der Waals surface area contributed by atoms with E-state index in [4.69, 9.17) is 0 Å². The fraction of sp³-hybridized carbons (Fsp3) is 0.444. The molecule has 7 heteroatoms. The maximum absolute atomic E-state index is 12.9. The van der Waals surface area contributed by atoms with Gasteiger partial charge in [-0.15, -0.1) is 0 Å². The fourth-order valence-corrected chi connectivity index (χ4v) is 3.81. The second-order valence-electron chi connectivity index (χ2n) is 6.69. The van der Waals surface area contributed by atoms with Gasteiger partial charge in [0.15, 0.2) is 0 Å². The van der Waals surface area contributed by atoms with Gasteiger partial charge in [0.2, 0.25) is 5.91 Å². The highest BCUT2D eigenvalue weighted by molar-refractivity contribution is 5.98. The third-order valence-electron chi connectivity index (χ3n) is 5.10. The van der Waals surface area contributed by atoms with Crippen LogP contribution in [0.4, 0.5) is 5.69 Å². The van der Waals surface area contributed by atoms with E-state index in [1.165, 1.54) is 6.33 Å². The number of piperidine rings is 1. The van der Waals surface area contributed by atoms with E-state index < -0.39 is 0 Å². The molecule has 130 valence electrons. The molecule has 0 saturated carbocycles. The summed E-state index contributed by atoms with van der Waals surface area (Å²) in [5.41, 5.74) is 2.71. The molecule has 1 unspecified atom stereocenters. The van der Waals surface area contributed by atoms with E-state index in [2.05, 4.69) is 10.1 Å². The predicted octanol–water partition coefficient (Wildman–Crippen LogP) is 1.66. The highest BCUT2D eigenvalue weighted by Gasteiger charge is 2.28. The van der Waals surface area contributed by atoms with Crippen molar-refractivity contribution in [3.8, 4) is 0 Å². The predicted molar refractivity (Wildman–Crippen MR) is 92.4 cm³/mol. The number of carbonyl (C=O) groups excluding carboxylic acids is 2. The lowest BCUT2D eigenvalue weighted by Gasteiger charge is -2.32. The van der Waals surface area contributed by atoms with Gasteiger partial charge in [-0.05, 0) is 43.0 Å². The molecule has 7 nitrogen and oxygen atoms in total. The summed E-state index contributed by atoms with van der Waals surface area (Å²) >= 11 is 0. The summed E-state index contributed by atoms with van der Waals surface area (Å²) in [6.07, 6.45) is 6.01. The molecule has 0 radical (unpaired) electrons. The minimum absolute atomic E-state index is 0.0459. The third kappa shape index (κ3) is 2.90. The van der Waals surface area contributed by atoms with Gasteiger partial charge in [-0.2, -0.15) is 5.10 Å². The zero-order valence-electron chi connectivity index (χ0n) is 14.3. The quantitative estimate of drug-likeness (QED) is 0.834. The van der Waals surface area contributed by atoms with Crippen molar-refractivity contribution in [2.24, 2.45) is 0 Å². The molecule has 1 saturated heterocycles. The number of aromatic nitrogens is 3. The van der Waals surface area contributed by atoms with Crippen molar-refractivity contribution >= 4 is 17.5 Å². The monoisotopic (exact) mass is 339 g/mol. The van der Waals surface area contributed by atoms with Crippen molar-refractivity contribution < 1.29 is 9.59 Å². The van der Waals surface area contributed by atoms with Gasteiger partial charge in [0.25, 0.3) is 5.91 Å². The van der Waals surface area contributed by atoms with Crippen molar-refractivity contribution in [1.82, 2.24) is 19.7 Å². The van der Waals surface area contributed by atoms with E-state index in [1.54, 1.807) is 18.2 Å². The molecule has 0 N–H and O–H groups in total. The standard InChI is InChI=1S/C18H21N5O2/c1-13(24)22-8-6-14-9-15(4-5-17(14)22)18(25)21-7-2-3-16(10-21)23-12-19-11-20-23/h4-5,9,11-12,16H,2-3,6-8,10H2,1H3. The van der Waals surface area contributed by atoms with Crippen LogP contribution < -0.4 is 4.90 Å². The summed E-state index contributed by atoms with van der Waals surface area (Å²) in [4.78, 5) is 32.3. The Balaban J connectivity index is 1.52.